The predicted molar refractivity (Wildman–Crippen MR) is 71.9 cm³/mol. The Kier molecular flexibility index (Phi) is 5.01. The van der Waals surface area contributed by atoms with Gasteiger partial charge in [0.1, 0.15) is 5.75 Å². The predicted octanol–water partition coefficient (Wildman–Crippen LogP) is 3.10. The number of rotatable bonds is 6. The molecule has 0 aliphatic carbocycles. The molecule has 0 spiro atoms. The zero-order valence-electron chi connectivity index (χ0n) is 11.0. The molecule has 0 amide bonds. The number of nitrogens with two attached hydrogens (primary N) is 1. The van der Waals surface area contributed by atoms with Crippen LogP contribution in [0.4, 0.5) is 0 Å². The van der Waals surface area contributed by atoms with Gasteiger partial charge in [-0.2, -0.15) is 0 Å². The van der Waals surface area contributed by atoms with Gasteiger partial charge in [0.15, 0.2) is 0 Å². The monoisotopic (exact) mass is 234 g/mol. The van der Waals surface area contributed by atoms with Crippen molar-refractivity contribution in [2.75, 3.05) is 6.61 Å². The zero-order valence-corrected chi connectivity index (χ0v) is 11.0. The molecule has 94 valence electrons. The lowest BCUT2D eigenvalue weighted by molar-refractivity contribution is 0.305. The minimum absolute atomic E-state index is 0.257. The Balaban J connectivity index is 2.44. The number of unbranched alkanes of at least 4 members (excludes halogenated alkanes) is 1. The molecule has 0 aromatic heterocycles. The Morgan fingerprint density at radius 3 is 2.59 bits per heavy atom. The van der Waals surface area contributed by atoms with Crippen molar-refractivity contribution >= 4 is 5.84 Å². The van der Waals surface area contributed by atoms with Gasteiger partial charge in [0, 0.05) is 6.42 Å². The van der Waals surface area contributed by atoms with Crippen molar-refractivity contribution < 1.29 is 4.74 Å². The van der Waals surface area contributed by atoms with Crippen LogP contribution in [-0.4, -0.2) is 12.4 Å². The van der Waals surface area contributed by atoms with E-state index in [0.29, 0.717) is 13.0 Å². The largest absolute Gasteiger partial charge is 0.493 e. The van der Waals surface area contributed by atoms with Crippen LogP contribution in [-0.2, 0) is 0 Å². The molecule has 3 nitrogen and oxygen atoms in total. The van der Waals surface area contributed by atoms with Gasteiger partial charge in [-0.1, -0.05) is 6.07 Å². The maximum Gasteiger partial charge on any atom is 0.122 e. The minimum atomic E-state index is 0.257. The average Bonchev–Trinajstić information content (AvgIpc) is 2.23. The minimum Gasteiger partial charge on any atom is -0.493 e. The van der Waals surface area contributed by atoms with Crippen LogP contribution in [0.5, 0.6) is 5.75 Å². The summed E-state index contributed by atoms with van der Waals surface area (Å²) < 4.78 is 5.77. The molecule has 0 bridgehead atoms. The van der Waals surface area contributed by atoms with Crippen molar-refractivity contribution in [1.29, 1.82) is 5.41 Å². The molecule has 0 aliphatic heterocycles. The first-order valence-electron chi connectivity index (χ1n) is 6.04. The van der Waals surface area contributed by atoms with Crippen molar-refractivity contribution in [1.82, 2.24) is 0 Å². The molecule has 0 radical (unpaired) electrons. The number of ether oxygens (including phenoxy) is 1. The fourth-order valence-corrected chi connectivity index (χ4v) is 1.75. The van der Waals surface area contributed by atoms with E-state index in [1.54, 1.807) is 0 Å². The van der Waals surface area contributed by atoms with Gasteiger partial charge in [-0.3, -0.25) is 5.41 Å². The van der Waals surface area contributed by atoms with E-state index in [1.807, 2.05) is 0 Å². The number of benzene rings is 1. The third-order valence-electron chi connectivity index (χ3n) is 2.86. The van der Waals surface area contributed by atoms with E-state index in [-0.39, 0.29) is 5.84 Å². The van der Waals surface area contributed by atoms with Crippen LogP contribution in [0.3, 0.4) is 0 Å². The van der Waals surface area contributed by atoms with Crippen LogP contribution in [0.15, 0.2) is 12.1 Å². The van der Waals surface area contributed by atoms with Gasteiger partial charge in [0.25, 0.3) is 0 Å². The lowest BCUT2D eigenvalue weighted by Crippen LogP contribution is -2.09. The molecule has 0 atom stereocenters. The lowest BCUT2D eigenvalue weighted by Gasteiger charge is -2.12. The normalized spacial score (nSPS) is 10.3. The Hall–Kier alpha value is -1.51. The van der Waals surface area contributed by atoms with E-state index in [1.165, 1.54) is 16.7 Å². The molecular formula is C14H22N2O. The quantitative estimate of drug-likeness (QED) is 0.451. The van der Waals surface area contributed by atoms with Crippen LogP contribution in [0.2, 0.25) is 0 Å². The second-order valence-corrected chi connectivity index (χ2v) is 4.54. The summed E-state index contributed by atoms with van der Waals surface area (Å²) in [6.07, 6.45) is 2.51. The molecule has 0 heterocycles. The molecule has 1 rings (SSSR count). The molecule has 1 aromatic rings. The maximum absolute atomic E-state index is 7.12. The molecule has 17 heavy (non-hydrogen) atoms. The van der Waals surface area contributed by atoms with Crippen LogP contribution >= 0.6 is 0 Å². The van der Waals surface area contributed by atoms with Crippen molar-refractivity contribution in [2.24, 2.45) is 5.73 Å². The summed E-state index contributed by atoms with van der Waals surface area (Å²) in [4.78, 5) is 0. The highest BCUT2D eigenvalue weighted by molar-refractivity contribution is 5.76. The Labute approximate surface area is 103 Å². The summed E-state index contributed by atoms with van der Waals surface area (Å²) in [7, 11) is 0. The second-order valence-electron chi connectivity index (χ2n) is 4.54. The molecule has 1 aromatic carbocycles. The molecular weight excluding hydrogens is 212 g/mol. The van der Waals surface area contributed by atoms with Crippen LogP contribution in [0.25, 0.3) is 0 Å². The first-order valence-corrected chi connectivity index (χ1v) is 6.04. The van der Waals surface area contributed by atoms with E-state index in [4.69, 9.17) is 15.9 Å². The average molecular weight is 234 g/mol. The van der Waals surface area contributed by atoms with Gasteiger partial charge in [-0.05, 0) is 56.4 Å². The molecule has 0 saturated carbocycles. The molecule has 3 heteroatoms. The third kappa shape index (κ3) is 4.47. The standard InChI is InChI=1S/C14H22N2O/c1-10-8-11(2)12(3)13(9-10)17-7-5-4-6-14(15)16/h8-9H,4-7H2,1-3H3,(H3,15,16). The highest BCUT2D eigenvalue weighted by atomic mass is 16.5. The van der Waals surface area contributed by atoms with Crippen LogP contribution in [0.1, 0.15) is 36.0 Å². The van der Waals surface area contributed by atoms with Gasteiger partial charge >= 0.3 is 0 Å². The molecule has 0 unspecified atom stereocenters. The van der Waals surface area contributed by atoms with Gasteiger partial charge in [-0.15, -0.1) is 0 Å². The van der Waals surface area contributed by atoms with E-state index in [9.17, 15) is 0 Å². The Bertz CT molecular complexity index is 399. The summed E-state index contributed by atoms with van der Waals surface area (Å²) in [5.41, 5.74) is 9.00. The van der Waals surface area contributed by atoms with E-state index in [2.05, 4.69) is 32.9 Å². The summed E-state index contributed by atoms with van der Waals surface area (Å²) in [5, 5.41) is 7.12. The fourth-order valence-electron chi connectivity index (χ4n) is 1.75. The summed E-state index contributed by atoms with van der Waals surface area (Å²) in [6, 6.07) is 4.24. The lowest BCUT2D eigenvalue weighted by atomic mass is 10.1. The number of aryl methyl sites for hydroxylation is 2. The third-order valence-corrected chi connectivity index (χ3v) is 2.86. The summed E-state index contributed by atoms with van der Waals surface area (Å²) in [6.45, 7) is 6.96. The molecule has 0 saturated heterocycles. The van der Waals surface area contributed by atoms with Gasteiger partial charge < -0.3 is 10.5 Å². The van der Waals surface area contributed by atoms with Crippen molar-refractivity contribution in [2.45, 2.75) is 40.0 Å². The molecule has 3 N–H and O–H groups in total. The van der Waals surface area contributed by atoms with Crippen molar-refractivity contribution in [3.05, 3.63) is 28.8 Å². The Morgan fingerprint density at radius 2 is 1.94 bits per heavy atom. The van der Waals surface area contributed by atoms with E-state index >= 15 is 0 Å². The maximum atomic E-state index is 7.12. The van der Waals surface area contributed by atoms with E-state index < -0.39 is 0 Å². The van der Waals surface area contributed by atoms with Crippen molar-refractivity contribution in [3.63, 3.8) is 0 Å². The fraction of sp³-hybridized carbons (Fsp3) is 0.500. The van der Waals surface area contributed by atoms with Gasteiger partial charge in [-0.25, -0.2) is 0 Å². The number of hydrogen-bond donors (Lipinski definition) is 2. The number of hydrogen-bond acceptors (Lipinski definition) is 2. The molecule has 0 aliphatic rings. The Morgan fingerprint density at radius 1 is 1.24 bits per heavy atom. The summed E-state index contributed by atoms with van der Waals surface area (Å²) in [5.74, 6) is 1.23. The highest BCUT2D eigenvalue weighted by Gasteiger charge is 2.03. The zero-order chi connectivity index (χ0) is 12.8. The van der Waals surface area contributed by atoms with Crippen molar-refractivity contribution in [3.8, 4) is 5.75 Å². The van der Waals surface area contributed by atoms with Gasteiger partial charge in [0.05, 0.1) is 12.4 Å². The second kappa shape index (κ2) is 6.28. The van der Waals surface area contributed by atoms with E-state index in [0.717, 1.165) is 18.6 Å². The van der Waals surface area contributed by atoms with Gasteiger partial charge in [0.2, 0.25) is 0 Å². The van der Waals surface area contributed by atoms with Crippen LogP contribution < -0.4 is 10.5 Å². The first kappa shape index (κ1) is 13.6. The summed E-state index contributed by atoms with van der Waals surface area (Å²) >= 11 is 0. The molecule has 0 fully saturated rings. The smallest absolute Gasteiger partial charge is 0.122 e. The first-order chi connectivity index (χ1) is 8.00. The topological polar surface area (TPSA) is 59.1 Å². The van der Waals surface area contributed by atoms with Crippen LogP contribution in [0, 0.1) is 26.2 Å². The SMILES string of the molecule is Cc1cc(C)c(C)c(OCCCCC(=N)N)c1. The number of amidine groups is 1. The highest BCUT2D eigenvalue weighted by Crippen LogP contribution is 2.23. The number of nitrogens with one attached hydrogen (secondary N) is 1.